The van der Waals surface area contributed by atoms with Crippen LogP contribution in [0.1, 0.15) is 63.0 Å². The molecule has 0 radical (unpaired) electrons. The van der Waals surface area contributed by atoms with Crippen LogP contribution in [0.4, 0.5) is 13.2 Å². The molecule has 1 saturated heterocycles. The molecule has 0 unspecified atom stereocenters. The van der Waals surface area contributed by atoms with E-state index < -0.39 is 12.1 Å². The van der Waals surface area contributed by atoms with Gasteiger partial charge in [-0.3, -0.25) is 4.79 Å². The topological polar surface area (TPSA) is 84.9 Å². The molecule has 1 saturated carbocycles. The SMILES string of the molecule is CCCC(=O)OCOc1ccc2c(c1)[C@]13CCCC[C@@H]1[C@@H](C2)NCC3.O=C(O)C(F)(F)F. The van der Waals surface area contributed by atoms with Crippen LogP contribution in [0, 0.1) is 5.92 Å². The Bertz CT molecular complexity index is 824. The largest absolute Gasteiger partial charge is 0.490 e. The average Bonchev–Trinajstić information content (AvgIpc) is 2.74. The van der Waals surface area contributed by atoms with Crippen molar-refractivity contribution in [2.75, 3.05) is 13.3 Å². The summed E-state index contributed by atoms with van der Waals surface area (Å²) in [7, 11) is 0. The minimum atomic E-state index is -5.08. The summed E-state index contributed by atoms with van der Waals surface area (Å²) >= 11 is 0. The molecule has 9 heteroatoms. The molecule has 178 valence electrons. The van der Waals surface area contributed by atoms with Gasteiger partial charge in [0.1, 0.15) is 5.75 Å². The van der Waals surface area contributed by atoms with Crippen molar-refractivity contribution >= 4 is 11.9 Å². The molecule has 3 atom stereocenters. The van der Waals surface area contributed by atoms with E-state index in [1.807, 2.05) is 13.0 Å². The van der Waals surface area contributed by atoms with Crippen LogP contribution < -0.4 is 10.1 Å². The van der Waals surface area contributed by atoms with Crippen molar-refractivity contribution in [3.8, 4) is 5.75 Å². The minimum Gasteiger partial charge on any atom is -0.475 e. The van der Waals surface area contributed by atoms with Crippen LogP contribution in [0.15, 0.2) is 18.2 Å². The molecule has 4 rings (SSSR count). The zero-order valence-electron chi connectivity index (χ0n) is 18.2. The molecule has 0 amide bonds. The first kappa shape index (κ1) is 24.4. The van der Waals surface area contributed by atoms with Crippen LogP contribution in [0.5, 0.6) is 5.75 Å². The lowest BCUT2D eigenvalue weighted by atomic mass is 9.53. The summed E-state index contributed by atoms with van der Waals surface area (Å²) < 4.78 is 42.6. The minimum absolute atomic E-state index is 0.0121. The zero-order valence-corrected chi connectivity index (χ0v) is 18.2. The normalized spacial score (nSPS) is 26.0. The maximum atomic E-state index is 11.5. The molecule has 32 heavy (non-hydrogen) atoms. The number of piperidine rings is 1. The number of benzene rings is 1. The van der Waals surface area contributed by atoms with E-state index in [4.69, 9.17) is 19.4 Å². The number of aliphatic carboxylic acids is 1. The lowest BCUT2D eigenvalue weighted by Gasteiger charge is -2.56. The highest BCUT2D eigenvalue weighted by atomic mass is 19.4. The van der Waals surface area contributed by atoms with Gasteiger partial charge in [0.15, 0.2) is 0 Å². The van der Waals surface area contributed by atoms with Gasteiger partial charge in [0, 0.05) is 17.9 Å². The Kier molecular flexibility index (Phi) is 7.69. The molecule has 2 aliphatic carbocycles. The smallest absolute Gasteiger partial charge is 0.475 e. The van der Waals surface area contributed by atoms with Crippen molar-refractivity contribution in [3.05, 3.63) is 29.3 Å². The van der Waals surface area contributed by atoms with Gasteiger partial charge >= 0.3 is 18.1 Å². The van der Waals surface area contributed by atoms with Gasteiger partial charge in [0.2, 0.25) is 6.79 Å². The number of fused-ring (bicyclic) bond motifs is 1. The first-order valence-corrected chi connectivity index (χ1v) is 11.1. The number of carboxylic acid groups (broad SMARTS) is 1. The number of carbonyl (C=O) groups is 2. The number of alkyl halides is 3. The van der Waals surface area contributed by atoms with Crippen LogP contribution in [0.3, 0.4) is 0 Å². The van der Waals surface area contributed by atoms with Crippen molar-refractivity contribution in [2.45, 2.75) is 75.9 Å². The molecule has 1 aromatic carbocycles. The first-order valence-electron chi connectivity index (χ1n) is 11.1. The lowest BCUT2D eigenvalue weighted by molar-refractivity contribution is -0.192. The lowest BCUT2D eigenvalue weighted by Crippen LogP contribution is -2.59. The maximum Gasteiger partial charge on any atom is 0.490 e. The quantitative estimate of drug-likeness (QED) is 0.505. The van der Waals surface area contributed by atoms with Gasteiger partial charge in [-0.15, -0.1) is 0 Å². The molecule has 1 aromatic rings. The van der Waals surface area contributed by atoms with Gasteiger partial charge in [-0.1, -0.05) is 25.8 Å². The Morgan fingerprint density at radius 1 is 1.25 bits per heavy atom. The Labute approximate surface area is 185 Å². The third-order valence-corrected chi connectivity index (χ3v) is 6.76. The van der Waals surface area contributed by atoms with E-state index in [1.165, 1.54) is 43.2 Å². The molecule has 1 heterocycles. The third kappa shape index (κ3) is 5.36. The van der Waals surface area contributed by atoms with Crippen LogP contribution in [0.2, 0.25) is 0 Å². The van der Waals surface area contributed by atoms with Gasteiger partial charge in [0.05, 0.1) is 0 Å². The van der Waals surface area contributed by atoms with Crippen molar-refractivity contribution in [3.63, 3.8) is 0 Å². The second kappa shape index (κ2) is 10.1. The Morgan fingerprint density at radius 3 is 2.69 bits per heavy atom. The second-order valence-corrected chi connectivity index (χ2v) is 8.67. The van der Waals surface area contributed by atoms with Gasteiger partial charge in [0.25, 0.3) is 0 Å². The maximum absolute atomic E-state index is 11.5. The summed E-state index contributed by atoms with van der Waals surface area (Å²) in [5, 5.41) is 10.9. The van der Waals surface area contributed by atoms with E-state index >= 15 is 0 Å². The molecule has 3 aliphatic rings. The molecule has 0 spiro atoms. The molecular weight excluding hydrogens is 427 g/mol. The number of carbonyl (C=O) groups excluding carboxylic acids is 1. The highest BCUT2D eigenvalue weighted by molar-refractivity contribution is 5.73. The fourth-order valence-electron chi connectivity index (χ4n) is 5.43. The standard InChI is InChI=1S/C21H29NO3.C2HF3O2/c1-2-5-20(23)25-14-24-16-8-7-15-12-19-17-6-3-4-9-21(17,10-11-22-19)18(15)13-16;3-2(4,5)1(6)7/h7-8,13,17,19,22H,2-6,9-12,14H2,1H3;(H,6,7)/t17-,19-,21+;/m1./s1. The van der Waals surface area contributed by atoms with Crippen molar-refractivity contribution in [1.29, 1.82) is 0 Å². The highest BCUT2D eigenvalue weighted by Crippen LogP contribution is 2.54. The van der Waals surface area contributed by atoms with Crippen LogP contribution >= 0.6 is 0 Å². The predicted octanol–water partition coefficient (Wildman–Crippen LogP) is 4.35. The van der Waals surface area contributed by atoms with Crippen molar-refractivity contribution in [1.82, 2.24) is 5.32 Å². The molecule has 2 N–H and O–H groups in total. The predicted molar refractivity (Wildman–Crippen MR) is 110 cm³/mol. The van der Waals surface area contributed by atoms with E-state index in [-0.39, 0.29) is 12.8 Å². The van der Waals surface area contributed by atoms with E-state index in [1.54, 1.807) is 0 Å². The van der Waals surface area contributed by atoms with Crippen LogP contribution in [0.25, 0.3) is 0 Å². The van der Waals surface area contributed by atoms with Gasteiger partial charge in [-0.2, -0.15) is 13.2 Å². The van der Waals surface area contributed by atoms with Crippen molar-refractivity contribution in [2.24, 2.45) is 5.92 Å². The van der Waals surface area contributed by atoms with Gasteiger partial charge in [-0.05, 0) is 67.8 Å². The first-order chi connectivity index (χ1) is 15.2. The van der Waals surface area contributed by atoms with E-state index in [0.29, 0.717) is 17.9 Å². The number of esters is 1. The number of ether oxygens (including phenoxy) is 2. The fourth-order valence-corrected chi connectivity index (χ4v) is 5.43. The number of rotatable bonds is 5. The molecule has 6 nitrogen and oxygen atoms in total. The van der Waals surface area contributed by atoms with Crippen molar-refractivity contribution < 1.29 is 37.3 Å². The highest BCUT2D eigenvalue weighted by Gasteiger charge is 2.51. The van der Waals surface area contributed by atoms with Gasteiger partial charge in [-0.25, -0.2) is 4.79 Å². The third-order valence-electron chi connectivity index (χ3n) is 6.76. The number of hydrogen-bond acceptors (Lipinski definition) is 5. The molecular formula is C23H30F3NO5. The number of halogens is 3. The zero-order chi connectivity index (χ0) is 23.4. The van der Waals surface area contributed by atoms with E-state index in [9.17, 15) is 18.0 Å². The fraction of sp³-hybridized carbons (Fsp3) is 0.652. The summed E-state index contributed by atoms with van der Waals surface area (Å²) in [5.74, 6) is -1.35. The number of carboxylic acids is 1. The van der Waals surface area contributed by atoms with Crippen LogP contribution in [-0.2, 0) is 26.2 Å². The Morgan fingerprint density at radius 2 is 2.00 bits per heavy atom. The number of hydrogen-bond donors (Lipinski definition) is 2. The molecule has 2 bridgehead atoms. The van der Waals surface area contributed by atoms with E-state index in [2.05, 4.69) is 17.4 Å². The molecule has 1 aliphatic heterocycles. The monoisotopic (exact) mass is 457 g/mol. The second-order valence-electron chi connectivity index (χ2n) is 8.67. The Hall–Kier alpha value is -2.29. The van der Waals surface area contributed by atoms with E-state index in [0.717, 1.165) is 31.1 Å². The average molecular weight is 457 g/mol. The summed E-state index contributed by atoms with van der Waals surface area (Å²) in [4.78, 5) is 20.4. The summed E-state index contributed by atoms with van der Waals surface area (Å²) in [6.07, 6.45) is 3.88. The number of nitrogens with one attached hydrogen (secondary N) is 1. The van der Waals surface area contributed by atoms with Crippen LogP contribution in [-0.4, -0.2) is 42.6 Å². The summed E-state index contributed by atoms with van der Waals surface area (Å²) in [6, 6.07) is 7.14. The molecule has 2 fully saturated rings. The Balaban J connectivity index is 0.000000360. The summed E-state index contributed by atoms with van der Waals surface area (Å²) in [5.41, 5.74) is 3.32. The molecule has 0 aromatic heterocycles. The summed E-state index contributed by atoms with van der Waals surface area (Å²) in [6.45, 7) is 3.11. The van der Waals surface area contributed by atoms with Gasteiger partial charge < -0.3 is 19.9 Å².